The number of amides is 2. The minimum absolute atomic E-state index is 0.369. The van der Waals surface area contributed by atoms with Crippen molar-refractivity contribution in [2.45, 2.75) is 19.3 Å². The number of benzene rings is 2. The number of hydrogen-bond acceptors (Lipinski definition) is 4. The highest BCUT2D eigenvalue weighted by molar-refractivity contribution is 6.42. The summed E-state index contributed by atoms with van der Waals surface area (Å²) >= 11 is 11.9. The van der Waals surface area contributed by atoms with E-state index in [1.807, 2.05) is 36.4 Å². The molecule has 2 N–H and O–H groups in total. The molecule has 4 rings (SSSR count). The van der Waals surface area contributed by atoms with Crippen LogP contribution < -0.4 is 15.5 Å². The molecule has 0 aliphatic carbocycles. The second-order valence-electron chi connectivity index (χ2n) is 7.11. The van der Waals surface area contributed by atoms with Crippen LogP contribution in [0.25, 0.3) is 11.3 Å². The fraction of sp³-hybridized carbons (Fsp3) is 0.227. The Labute approximate surface area is 185 Å². The molecule has 2 aromatic carbocycles. The number of aromatic nitrogens is 2. The summed E-state index contributed by atoms with van der Waals surface area (Å²) in [5.74, 6) is 0.927. The smallest absolute Gasteiger partial charge is 0.323 e. The van der Waals surface area contributed by atoms with Gasteiger partial charge in [0.25, 0.3) is 0 Å². The predicted octanol–water partition coefficient (Wildman–Crippen LogP) is 6.08. The molecule has 1 saturated heterocycles. The van der Waals surface area contributed by atoms with Gasteiger partial charge >= 0.3 is 6.03 Å². The number of rotatable bonds is 4. The van der Waals surface area contributed by atoms with Crippen molar-refractivity contribution in [3.05, 3.63) is 64.6 Å². The molecule has 1 aliphatic heterocycles. The molecule has 6 nitrogen and oxygen atoms in total. The summed E-state index contributed by atoms with van der Waals surface area (Å²) in [7, 11) is 0. The van der Waals surface area contributed by atoms with Crippen LogP contribution in [0.5, 0.6) is 0 Å². The van der Waals surface area contributed by atoms with Gasteiger partial charge < -0.3 is 15.5 Å². The van der Waals surface area contributed by atoms with Gasteiger partial charge in [0.2, 0.25) is 0 Å². The topological polar surface area (TPSA) is 70.2 Å². The van der Waals surface area contributed by atoms with Crippen LogP contribution in [0.15, 0.2) is 54.6 Å². The van der Waals surface area contributed by atoms with E-state index in [0.29, 0.717) is 21.4 Å². The monoisotopic (exact) mass is 441 g/mol. The molecule has 8 heteroatoms. The molecule has 0 saturated carbocycles. The number of anilines is 3. The van der Waals surface area contributed by atoms with Crippen LogP contribution in [0.1, 0.15) is 19.3 Å². The number of carbonyl (C=O) groups excluding carboxylic acids is 1. The Morgan fingerprint density at radius 3 is 2.17 bits per heavy atom. The van der Waals surface area contributed by atoms with Gasteiger partial charge in [0, 0.05) is 30.0 Å². The van der Waals surface area contributed by atoms with Gasteiger partial charge in [0.15, 0.2) is 5.82 Å². The first-order chi connectivity index (χ1) is 14.6. The molecule has 0 unspecified atom stereocenters. The summed E-state index contributed by atoms with van der Waals surface area (Å²) in [6, 6.07) is 16.0. The van der Waals surface area contributed by atoms with Crippen molar-refractivity contribution in [3.8, 4) is 11.3 Å². The number of urea groups is 1. The van der Waals surface area contributed by atoms with Gasteiger partial charge in [-0.2, -0.15) is 0 Å². The normalized spacial score (nSPS) is 13.7. The summed E-state index contributed by atoms with van der Waals surface area (Å²) < 4.78 is 0. The first-order valence-corrected chi connectivity index (χ1v) is 10.6. The lowest BCUT2D eigenvalue weighted by Crippen LogP contribution is -2.30. The van der Waals surface area contributed by atoms with E-state index >= 15 is 0 Å². The molecule has 1 aromatic heterocycles. The highest BCUT2D eigenvalue weighted by Gasteiger charge is 2.13. The fourth-order valence-corrected chi connectivity index (χ4v) is 3.66. The van der Waals surface area contributed by atoms with Crippen molar-refractivity contribution in [3.63, 3.8) is 0 Å². The van der Waals surface area contributed by atoms with E-state index in [1.54, 1.807) is 18.2 Å². The fourth-order valence-electron chi connectivity index (χ4n) is 3.36. The molecule has 0 spiro atoms. The molecular formula is C22H21Cl2N5O. The zero-order chi connectivity index (χ0) is 20.9. The van der Waals surface area contributed by atoms with Crippen molar-refractivity contribution in [1.82, 2.24) is 10.2 Å². The second kappa shape index (κ2) is 9.32. The van der Waals surface area contributed by atoms with Crippen molar-refractivity contribution in [2.75, 3.05) is 28.6 Å². The van der Waals surface area contributed by atoms with E-state index in [0.717, 1.165) is 30.2 Å². The predicted molar refractivity (Wildman–Crippen MR) is 123 cm³/mol. The third-order valence-electron chi connectivity index (χ3n) is 4.95. The first kappa shape index (κ1) is 20.4. The number of nitrogens with zero attached hydrogens (tertiary/aromatic N) is 3. The Hall–Kier alpha value is -2.83. The van der Waals surface area contributed by atoms with Crippen molar-refractivity contribution >= 4 is 46.4 Å². The zero-order valence-corrected chi connectivity index (χ0v) is 17.7. The van der Waals surface area contributed by atoms with E-state index in [9.17, 15) is 4.79 Å². The largest absolute Gasteiger partial charge is 0.355 e. The van der Waals surface area contributed by atoms with E-state index in [-0.39, 0.29) is 6.03 Å². The second-order valence-corrected chi connectivity index (χ2v) is 7.92. The van der Waals surface area contributed by atoms with Gasteiger partial charge in [-0.15, -0.1) is 10.2 Å². The molecule has 154 valence electrons. The van der Waals surface area contributed by atoms with Crippen LogP contribution in [0, 0.1) is 0 Å². The number of nitrogens with one attached hydrogen (secondary N) is 2. The summed E-state index contributed by atoms with van der Waals surface area (Å²) in [4.78, 5) is 14.5. The van der Waals surface area contributed by atoms with E-state index in [2.05, 4.69) is 25.7 Å². The van der Waals surface area contributed by atoms with E-state index in [4.69, 9.17) is 23.2 Å². The molecule has 0 radical (unpaired) electrons. The Kier molecular flexibility index (Phi) is 6.35. The lowest BCUT2D eigenvalue weighted by Gasteiger charge is -2.27. The lowest BCUT2D eigenvalue weighted by molar-refractivity contribution is 0.262. The lowest BCUT2D eigenvalue weighted by atomic mass is 10.1. The minimum atomic E-state index is -0.369. The molecule has 3 aromatic rings. The van der Waals surface area contributed by atoms with E-state index in [1.165, 1.54) is 19.3 Å². The van der Waals surface area contributed by atoms with Gasteiger partial charge in [0.05, 0.1) is 15.7 Å². The maximum atomic E-state index is 12.2. The molecular weight excluding hydrogens is 421 g/mol. The summed E-state index contributed by atoms with van der Waals surface area (Å²) in [6.45, 7) is 2.08. The van der Waals surface area contributed by atoms with Crippen LogP contribution in [0.3, 0.4) is 0 Å². The SMILES string of the molecule is O=C(Nc1ccc(-c2ccc(N3CCCCC3)nn2)cc1)Nc1ccc(Cl)c(Cl)c1. The van der Waals surface area contributed by atoms with Gasteiger partial charge in [-0.3, -0.25) is 0 Å². The van der Waals surface area contributed by atoms with Crippen LogP contribution in [0.2, 0.25) is 10.0 Å². The van der Waals surface area contributed by atoms with Crippen molar-refractivity contribution in [1.29, 1.82) is 0 Å². The summed E-state index contributed by atoms with van der Waals surface area (Å²) in [5, 5.41) is 15.1. The first-order valence-electron chi connectivity index (χ1n) is 9.81. The van der Waals surface area contributed by atoms with Gasteiger partial charge in [-0.05, 0) is 61.7 Å². The number of carbonyl (C=O) groups is 1. The van der Waals surface area contributed by atoms with Gasteiger partial charge in [-0.25, -0.2) is 4.79 Å². The van der Waals surface area contributed by atoms with Crippen LogP contribution in [-0.2, 0) is 0 Å². The third kappa shape index (κ3) is 5.01. The molecule has 2 heterocycles. The molecule has 1 aliphatic rings. The zero-order valence-electron chi connectivity index (χ0n) is 16.2. The molecule has 30 heavy (non-hydrogen) atoms. The third-order valence-corrected chi connectivity index (χ3v) is 5.69. The van der Waals surface area contributed by atoms with Gasteiger partial charge in [0.1, 0.15) is 0 Å². The van der Waals surface area contributed by atoms with Crippen molar-refractivity contribution < 1.29 is 4.79 Å². The van der Waals surface area contributed by atoms with Crippen LogP contribution >= 0.6 is 23.2 Å². The van der Waals surface area contributed by atoms with Crippen LogP contribution in [0.4, 0.5) is 22.0 Å². The molecule has 0 bridgehead atoms. The molecule has 1 fully saturated rings. The highest BCUT2D eigenvalue weighted by atomic mass is 35.5. The maximum Gasteiger partial charge on any atom is 0.323 e. The van der Waals surface area contributed by atoms with Crippen LogP contribution in [-0.4, -0.2) is 29.3 Å². The highest BCUT2D eigenvalue weighted by Crippen LogP contribution is 2.25. The summed E-state index contributed by atoms with van der Waals surface area (Å²) in [6.07, 6.45) is 3.70. The average molecular weight is 442 g/mol. The molecule has 2 amide bonds. The minimum Gasteiger partial charge on any atom is -0.355 e. The molecule has 0 atom stereocenters. The summed E-state index contributed by atoms with van der Waals surface area (Å²) in [5.41, 5.74) is 2.95. The Bertz CT molecular complexity index is 1020. The van der Waals surface area contributed by atoms with Crippen molar-refractivity contribution in [2.24, 2.45) is 0 Å². The Morgan fingerprint density at radius 1 is 0.800 bits per heavy atom. The quantitative estimate of drug-likeness (QED) is 0.514. The standard InChI is InChI=1S/C22H21Cl2N5O/c23-18-9-8-17(14-19(18)24)26-22(30)25-16-6-4-15(5-7-16)20-10-11-21(28-27-20)29-12-2-1-3-13-29/h4-11,14H,1-3,12-13H2,(H2,25,26,30). The maximum absolute atomic E-state index is 12.2. The number of piperidine rings is 1. The van der Waals surface area contributed by atoms with Gasteiger partial charge in [-0.1, -0.05) is 35.3 Å². The average Bonchev–Trinajstić information content (AvgIpc) is 2.77. The van der Waals surface area contributed by atoms with E-state index < -0.39 is 0 Å². The number of hydrogen-bond donors (Lipinski definition) is 2. The number of halogens is 2. The Morgan fingerprint density at radius 2 is 1.50 bits per heavy atom. The Balaban J connectivity index is 1.37.